The molecule has 0 spiro atoms. The zero-order chi connectivity index (χ0) is 13.8. The van der Waals surface area contributed by atoms with Gasteiger partial charge in [0, 0.05) is 17.3 Å². The second kappa shape index (κ2) is 6.06. The summed E-state index contributed by atoms with van der Waals surface area (Å²) in [7, 11) is 0. The number of carbonyl (C=O) groups excluding carboxylic acids is 1. The van der Waals surface area contributed by atoms with Crippen molar-refractivity contribution in [3.63, 3.8) is 0 Å². The van der Waals surface area contributed by atoms with Crippen LogP contribution in [0.2, 0.25) is 10.0 Å². The van der Waals surface area contributed by atoms with Crippen molar-refractivity contribution in [2.45, 2.75) is 6.54 Å². The number of nitrogens with one attached hydrogen (secondary N) is 1. The van der Waals surface area contributed by atoms with Crippen LogP contribution in [-0.2, 0) is 6.54 Å². The second-order valence-corrected chi connectivity index (χ2v) is 4.82. The zero-order valence-corrected chi connectivity index (χ0v) is 11.5. The van der Waals surface area contributed by atoms with Crippen LogP contribution in [0.3, 0.4) is 0 Å². The highest BCUT2D eigenvalue weighted by molar-refractivity contribution is 6.37. The van der Waals surface area contributed by atoms with Gasteiger partial charge in [-0.3, -0.25) is 4.79 Å². The molecule has 1 amide bonds. The highest BCUT2D eigenvalue weighted by Gasteiger charge is 2.10. The Kier molecular flexibility index (Phi) is 4.43. The molecule has 0 saturated carbocycles. The van der Waals surface area contributed by atoms with Gasteiger partial charge < -0.3 is 11.1 Å². The van der Waals surface area contributed by atoms with E-state index in [9.17, 15) is 4.79 Å². The summed E-state index contributed by atoms with van der Waals surface area (Å²) in [6, 6.07) is 12.1. The van der Waals surface area contributed by atoms with Gasteiger partial charge >= 0.3 is 0 Å². The Morgan fingerprint density at radius 1 is 1.11 bits per heavy atom. The van der Waals surface area contributed by atoms with Crippen molar-refractivity contribution in [3.05, 3.63) is 63.6 Å². The second-order valence-electron chi connectivity index (χ2n) is 3.98. The van der Waals surface area contributed by atoms with E-state index < -0.39 is 0 Å². The molecule has 0 saturated heterocycles. The van der Waals surface area contributed by atoms with Gasteiger partial charge in [0.25, 0.3) is 5.91 Å². The maximum atomic E-state index is 12.0. The van der Waals surface area contributed by atoms with E-state index in [0.29, 0.717) is 27.8 Å². The Bertz CT molecular complexity index is 597. The molecule has 0 heterocycles. The van der Waals surface area contributed by atoms with E-state index in [1.54, 1.807) is 24.3 Å². The molecule has 2 aromatic rings. The Balaban J connectivity index is 2.15. The summed E-state index contributed by atoms with van der Waals surface area (Å²) in [4.78, 5) is 12.0. The lowest BCUT2D eigenvalue weighted by Crippen LogP contribution is -2.12. The van der Waals surface area contributed by atoms with Gasteiger partial charge in [0.15, 0.2) is 0 Å². The monoisotopic (exact) mass is 294 g/mol. The number of amides is 1. The fourth-order valence-corrected chi connectivity index (χ4v) is 2.09. The normalized spacial score (nSPS) is 10.3. The molecule has 2 rings (SSSR count). The van der Waals surface area contributed by atoms with Crippen LogP contribution < -0.4 is 11.1 Å². The molecule has 0 aliphatic heterocycles. The lowest BCUT2D eigenvalue weighted by molar-refractivity contribution is 0.102. The minimum absolute atomic E-state index is 0.276. The van der Waals surface area contributed by atoms with Crippen molar-refractivity contribution in [2.75, 3.05) is 5.32 Å². The van der Waals surface area contributed by atoms with Crippen molar-refractivity contribution in [1.82, 2.24) is 0 Å². The smallest absolute Gasteiger partial charge is 0.257 e. The third kappa shape index (κ3) is 3.47. The number of halogens is 2. The van der Waals surface area contributed by atoms with Gasteiger partial charge in [-0.25, -0.2) is 0 Å². The molecule has 0 bridgehead atoms. The van der Waals surface area contributed by atoms with Crippen LogP contribution in [0.15, 0.2) is 42.5 Å². The van der Waals surface area contributed by atoms with E-state index in [1.165, 1.54) is 6.07 Å². The first-order valence-electron chi connectivity index (χ1n) is 5.65. The molecule has 3 N–H and O–H groups in total. The van der Waals surface area contributed by atoms with E-state index in [4.69, 9.17) is 28.9 Å². The summed E-state index contributed by atoms with van der Waals surface area (Å²) in [5.74, 6) is -0.276. The fraction of sp³-hybridized carbons (Fsp3) is 0.0714. The van der Waals surface area contributed by atoms with Crippen molar-refractivity contribution in [3.8, 4) is 0 Å². The molecule has 0 radical (unpaired) electrons. The lowest BCUT2D eigenvalue weighted by atomic mass is 10.2. The first kappa shape index (κ1) is 13.9. The zero-order valence-electron chi connectivity index (χ0n) is 9.99. The summed E-state index contributed by atoms with van der Waals surface area (Å²) in [6.07, 6.45) is 0. The van der Waals surface area contributed by atoms with Crippen LogP contribution in [0.5, 0.6) is 0 Å². The molecule has 3 nitrogen and oxygen atoms in total. The van der Waals surface area contributed by atoms with Crippen molar-refractivity contribution < 1.29 is 4.79 Å². The quantitative estimate of drug-likeness (QED) is 0.907. The standard InChI is InChI=1S/C14H12Cl2N2O/c15-10-3-6-12(13(16)7-10)14(19)18-11-4-1-9(8-17)2-5-11/h1-7H,8,17H2,(H,18,19). The Hall–Kier alpha value is -1.55. The van der Waals surface area contributed by atoms with Gasteiger partial charge in [0.05, 0.1) is 10.6 Å². The van der Waals surface area contributed by atoms with Crippen molar-refractivity contribution in [2.24, 2.45) is 5.73 Å². The third-order valence-corrected chi connectivity index (χ3v) is 3.17. The molecule has 0 fully saturated rings. The van der Waals surface area contributed by atoms with E-state index in [-0.39, 0.29) is 5.91 Å². The van der Waals surface area contributed by atoms with Gasteiger partial charge in [0.2, 0.25) is 0 Å². The Morgan fingerprint density at radius 2 is 1.79 bits per heavy atom. The number of benzene rings is 2. The molecular weight excluding hydrogens is 283 g/mol. The third-order valence-electron chi connectivity index (χ3n) is 2.62. The summed E-state index contributed by atoms with van der Waals surface area (Å²) < 4.78 is 0. The maximum absolute atomic E-state index is 12.0. The van der Waals surface area contributed by atoms with Crippen molar-refractivity contribution >= 4 is 34.8 Å². The molecule has 2 aromatic carbocycles. The summed E-state index contributed by atoms with van der Waals surface area (Å²) in [5, 5.41) is 3.58. The number of carbonyl (C=O) groups is 1. The topological polar surface area (TPSA) is 55.1 Å². The minimum atomic E-state index is -0.276. The first-order chi connectivity index (χ1) is 9.10. The number of anilines is 1. The van der Waals surface area contributed by atoms with Gasteiger partial charge in [-0.2, -0.15) is 0 Å². The van der Waals surface area contributed by atoms with E-state index >= 15 is 0 Å². The number of nitrogens with two attached hydrogens (primary N) is 1. The molecule has 0 aliphatic carbocycles. The summed E-state index contributed by atoms with van der Waals surface area (Å²) in [5.41, 5.74) is 7.58. The molecular formula is C14H12Cl2N2O. The predicted octanol–water partition coefficient (Wildman–Crippen LogP) is 3.70. The highest BCUT2D eigenvalue weighted by atomic mass is 35.5. The van der Waals surface area contributed by atoms with Crippen LogP contribution in [0.1, 0.15) is 15.9 Å². The number of hydrogen-bond acceptors (Lipinski definition) is 2. The molecule has 5 heteroatoms. The van der Waals surface area contributed by atoms with Crippen LogP contribution in [0, 0.1) is 0 Å². The average Bonchev–Trinajstić information content (AvgIpc) is 2.39. The van der Waals surface area contributed by atoms with Gasteiger partial charge in [-0.15, -0.1) is 0 Å². The predicted molar refractivity (Wildman–Crippen MR) is 78.7 cm³/mol. The highest BCUT2D eigenvalue weighted by Crippen LogP contribution is 2.22. The lowest BCUT2D eigenvalue weighted by Gasteiger charge is -2.07. The van der Waals surface area contributed by atoms with E-state index in [2.05, 4.69) is 5.32 Å². The molecule has 0 aromatic heterocycles. The number of hydrogen-bond donors (Lipinski definition) is 2. The van der Waals surface area contributed by atoms with Crippen LogP contribution in [-0.4, -0.2) is 5.91 Å². The molecule has 98 valence electrons. The van der Waals surface area contributed by atoms with E-state index in [1.807, 2.05) is 12.1 Å². The minimum Gasteiger partial charge on any atom is -0.326 e. The molecule has 0 atom stereocenters. The van der Waals surface area contributed by atoms with Crippen molar-refractivity contribution in [1.29, 1.82) is 0 Å². The Labute approximate surface area is 121 Å². The fourth-order valence-electron chi connectivity index (χ4n) is 1.60. The van der Waals surface area contributed by atoms with Gasteiger partial charge in [-0.05, 0) is 35.9 Å². The Morgan fingerprint density at radius 3 is 2.37 bits per heavy atom. The summed E-state index contributed by atoms with van der Waals surface area (Å²) in [6.45, 7) is 0.469. The van der Waals surface area contributed by atoms with Crippen LogP contribution >= 0.6 is 23.2 Å². The van der Waals surface area contributed by atoms with E-state index in [0.717, 1.165) is 5.56 Å². The SMILES string of the molecule is NCc1ccc(NC(=O)c2ccc(Cl)cc2Cl)cc1. The maximum Gasteiger partial charge on any atom is 0.257 e. The van der Waals surface area contributed by atoms with Gasteiger partial charge in [0.1, 0.15) is 0 Å². The molecule has 0 aliphatic rings. The van der Waals surface area contributed by atoms with Crippen LogP contribution in [0.4, 0.5) is 5.69 Å². The number of rotatable bonds is 3. The van der Waals surface area contributed by atoms with Crippen LogP contribution in [0.25, 0.3) is 0 Å². The summed E-state index contributed by atoms with van der Waals surface area (Å²) >= 11 is 11.8. The molecule has 19 heavy (non-hydrogen) atoms. The van der Waals surface area contributed by atoms with Gasteiger partial charge in [-0.1, -0.05) is 35.3 Å². The average molecular weight is 295 g/mol. The molecule has 0 unspecified atom stereocenters. The largest absolute Gasteiger partial charge is 0.326 e. The first-order valence-corrected chi connectivity index (χ1v) is 6.41.